The third-order valence-corrected chi connectivity index (χ3v) is 4.06. The van der Waals surface area contributed by atoms with Crippen LogP contribution < -0.4 is 10.2 Å². The summed E-state index contributed by atoms with van der Waals surface area (Å²) >= 11 is 0. The Morgan fingerprint density at radius 3 is 2.14 bits per heavy atom. The van der Waals surface area contributed by atoms with Gasteiger partial charge in [-0.25, -0.2) is 5.43 Å². The van der Waals surface area contributed by atoms with Gasteiger partial charge in [-0.1, -0.05) is 66.7 Å². The molecule has 0 heterocycles. The van der Waals surface area contributed by atoms with Crippen molar-refractivity contribution in [1.29, 1.82) is 0 Å². The molecule has 0 fully saturated rings. The summed E-state index contributed by atoms with van der Waals surface area (Å²) in [6.07, 6.45) is 0. The van der Waals surface area contributed by atoms with E-state index >= 15 is 0 Å². The quantitative estimate of drug-likeness (QED) is 0.377. The molecule has 3 rings (SSSR count). The van der Waals surface area contributed by atoms with E-state index in [1.54, 1.807) is 13.0 Å². The molecule has 7 heteroatoms. The van der Waals surface area contributed by atoms with Crippen LogP contribution >= 0.6 is 0 Å². The minimum absolute atomic E-state index is 0.0334. The molecule has 0 unspecified atom stereocenters. The van der Waals surface area contributed by atoms with Gasteiger partial charge in [0.15, 0.2) is 12.4 Å². The maximum Gasteiger partial charge on any atom is 0.311 e. The van der Waals surface area contributed by atoms with Gasteiger partial charge in [0.1, 0.15) is 0 Å². The molecule has 7 nitrogen and oxygen atoms in total. The molecular formula is C22H19N3O4. The van der Waals surface area contributed by atoms with Gasteiger partial charge in [-0.15, -0.1) is 0 Å². The van der Waals surface area contributed by atoms with Crippen LogP contribution in [0, 0.1) is 17.0 Å². The summed E-state index contributed by atoms with van der Waals surface area (Å²) in [5, 5.41) is 15.4. The van der Waals surface area contributed by atoms with Crippen LogP contribution in [-0.2, 0) is 4.79 Å². The van der Waals surface area contributed by atoms with Crippen molar-refractivity contribution >= 4 is 17.3 Å². The van der Waals surface area contributed by atoms with E-state index in [0.29, 0.717) is 5.71 Å². The molecule has 0 aliphatic carbocycles. The van der Waals surface area contributed by atoms with Crippen LogP contribution in [0.25, 0.3) is 0 Å². The Kier molecular flexibility index (Phi) is 6.32. The minimum Gasteiger partial charge on any atom is -0.477 e. The average molecular weight is 389 g/mol. The molecule has 3 aromatic rings. The number of rotatable bonds is 7. The molecular weight excluding hydrogens is 370 g/mol. The van der Waals surface area contributed by atoms with E-state index in [1.165, 1.54) is 12.1 Å². The summed E-state index contributed by atoms with van der Waals surface area (Å²) in [7, 11) is 0. The Hall–Kier alpha value is -4.00. The second kappa shape index (κ2) is 9.27. The number of aryl methyl sites for hydroxylation is 1. The smallest absolute Gasteiger partial charge is 0.311 e. The van der Waals surface area contributed by atoms with E-state index in [0.717, 1.165) is 16.7 Å². The maximum absolute atomic E-state index is 12.2. The van der Waals surface area contributed by atoms with Gasteiger partial charge in [-0.2, -0.15) is 5.10 Å². The van der Waals surface area contributed by atoms with Crippen molar-refractivity contribution in [2.45, 2.75) is 6.92 Å². The molecule has 0 saturated heterocycles. The monoisotopic (exact) mass is 389 g/mol. The van der Waals surface area contributed by atoms with Crippen molar-refractivity contribution in [2.75, 3.05) is 6.61 Å². The van der Waals surface area contributed by atoms with Crippen LogP contribution in [0.15, 0.2) is 84.0 Å². The molecule has 0 bridgehead atoms. The predicted molar refractivity (Wildman–Crippen MR) is 110 cm³/mol. The van der Waals surface area contributed by atoms with Crippen LogP contribution in [0.5, 0.6) is 5.75 Å². The van der Waals surface area contributed by atoms with Gasteiger partial charge in [-0.05, 0) is 18.6 Å². The van der Waals surface area contributed by atoms with Crippen LogP contribution in [-0.4, -0.2) is 23.1 Å². The molecule has 29 heavy (non-hydrogen) atoms. The number of hydrazone groups is 1. The van der Waals surface area contributed by atoms with Crippen molar-refractivity contribution in [3.63, 3.8) is 0 Å². The van der Waals surface area contributed by atoms with E-state index < -0.39 is 17.4 Å². The first-order valence-electron chi connectivity index (χ1n) is 8.90. The molecule has 1 N–H and O–H groups in total. The van der Waals surface area contributed by atoms with Crippen LogP contribution in [0.1, 0.15) is 16.7 Å². The van der Waals surface area contributed by atoms with Gasteiger partial charge in [0.05, 0.1) is 10.6 Å². The Labute approximate surface area is 167 Å². The topological polar surface area (TPSA) is 93.8 Å². The lowest BCUT2D eigenvalue weighted by atomic mass is 10.0. The minimum atomic E-state index is -0.540. The Balaban J connectivity index is 1.74. The Bertz CT molecular complexity index is 993. The van der Waals surface area contributed by atoms with Gasteiger partial charge in [0.2, 0.25) is 0 Å². The third kappa shape index (κ3) is 5.26. The Morgan fingerprint density at radius 1 is 1.00 bits per heavy atom. The zero-order chi connectivity index (χ0) is 20.6. The van der Waals surface area contributed by atoms with Crippen molar-refractivity contribution < 1.29 is 14.5 Å². The van der Waals surface area contributed by atoms with E-state index in [9.17, 15) is 14.9 Å². The van der Waals surface area contributed by atoms with E-state index in [4.69, 9.17) is 4.74 Å². The normalized spacial score (nSPS) is 10.1. The van der Waals surface area contributed by atoms with Gasteiger partial charge in [0, 0.05) is 17.2 Å². The lowest BCUT2D eigenvalue weighted by Crippen LogP contribution is -2.26. The number of nitro benzene ring substituents is 1. The number of benzene rings is 3. The van der Waals surface area contributed by atoms with Gasteiger partial charge in [-0.3, -0.25) is 14.9 Å². The molecule has 0 saturated carbocycles. The van der Waals surface area contributed by atoms with Crippen LogP contribution in [0.4, 0.5) is 5.69 Å². The fraction of sp³-hybridized carbons (Fsp3) is 0.0909. The highest BCUT2D eigenvalue weighted by molar-refractivity contribution is 6.13. The molecule has 3 aromatic carbocycles. The second-order valence-electron chi connectivity index (χ2n) is 6.24. The van der Waals surface area contributed by atoms with Crippen molar-refractivity contribution in [1.82, 2.24) is 5.43 Å². The molecule has 0 spiro atoms. The summed E-state index contributed by atoms with van der Waals surface area (Å²) in [5.74, 6) is -0.490. The van der Waals surface area contributed by atoms with E-state index in [1.807, 2.05) is 60.7 Å². The summed E-state index contributed by atoms with van der Waals surface area (Å²) < 4.78 is 5.34. The van der Waals surface area contributed by atoms with Gasteiger partial charge >= 0.3 is 5.69 Å². The van der Waals surface area contributed by atoms with Crippen molar-refractivity contribution in [3.8, 4) is 5.75 Å². The number of hydrogen-bond acceptors (Lipinski definition) is 5. The van der Waals surface area contributed by atoms with Crippen molar-refractivity contribution in [3.05, 3.63) is 106 Å². The standard InChI is InChI=1S/C22H19N3O4/c1-16-12-13-20(19(14-16)25(27)28)29-15-21(26)23-24-22(17-8-4-2-5-9-17)18-10-6-3-7-11-18/h2-14H,15H2,1H3,(H,23,26). The van der Waals surface area contributed by atoms with Crippen LogP contribution in [0.2, 0.25) is 0 Å². The number of carbonyl (C=O) groups excluding carboxylic acids is 1. The summed E-state index contributed by atoms with van der Waals surface area (Å²) in [5.41, 5.74) is 5.29. The first-order valence-corrected chi connectivity index (χ1v) is 8.90. The average Bonchev–Trinajstić information content (AvgIpc) is 2.74. The lowest BCUT2D eigenvalue weighted by Gasteiger charge is -2.09. The molecule has 0 atom stereocenters. The van der Waals surface area contributed by atoms with E-state index in [2.05, 4.69) is 10.5 Å². The number of amides is 1. The van der Waals surface area contributed by atoms with Crippen molar-refractivity contribution in [2.24, 2.45) is 5.10 Å². The SMILES string of the molecule is Cc1ccc(OCC(=O)NN=C(c2ccccc2)c2ccccc2)c([N+](=O)[O-])c1. The fourth-order valence-corrected chi connectivity index (χ4v) is 2.67. The first-order chi connectivity index (χ1) is 14.0. The number of ether oxygens (including phenoxy) is 1. The molecule has 0 aromatic heterocycles. The number of nitrogens with zero attached hydrogens (tertiary/aromatic N) is 2. The second-order valence-corrected chi connectivity index (χ2v) is 6.24. The van der Waals surface area contributed by atoms with Gasteiger partial charge in [0.25, 0.3) is 5.91 Å². The molecule has 0 aliphatic heterocycles. The van der Waals surface area contributed by atoms with E-state index in [-0.39, 0.29) is 11.4 Å². The summed E-state index contributed by atoms with van der Waals surface area (Å²) in [6.45, 7) is 1.34. The molecule has 146 valence electrons. The lowest BCUT2D eigenvalue weighted by molar-refractivity contribution is -0.385. The molecule has 1 amide bonds. The third-order valence-electron chi connectivity index (χ3n) is 4.06. The maximum atomic E-state index is 12.2. The Morgan fingerprint density at radius 2 is 1.59 bits per heavy atom. The number of carbonyl (C=O) groups is 1. The summed E-state index contributed by atoms with van der Waals surface area (Å²) in [4.78, 5) is 22.8. The summed E-state index contributed by atoms with van der Waals surface area (Å²) in [6, 6.07) is 23.5. The molecule has 0 radical (unpaired) electrons. The highest BCUT2D eigenvalue weighted by Gasteiger charge is 2.16. The number of hydrogen-bond donors (Lipinski definition) is 1. The zero-order valence-corrected chi connectivity index (χ0v) is 15.7. The fourth-order valence-electron chi connectivity index (χ4n) is 2.67. The predicted octanol–water partition coefficient (Wildman–Crippen LogP) is 3.85. The number of nitro groups is 1. The number of nitrogens with one attached hydrogen (secondary N) is 1. The first kappa shape index (κ1) is 19.8. The zero-order valence-electron chi connectivity index (χ0n) is 15.7. The van der Waals surface area contributed by atoms with Gasteiger partial charge < -0.3 is 4.74 Å². The largest absolute Gasteiger partial charge is 0.477 e. The highest BCUT2D eigenvalue weighted by Crippen LogP contribution is 2.27. The molecule has 0 aliphatic rings. The highest BCUT2D eigenvalue weighted by atomic mass is 16.6. The van der Waals surface area contributed by atoms with Crippen LogP contribution in [0.3, 0.4) is 0 Å².